The molecule has 0 radical (unpaired) electrons. The molecule has 2 fully saturated rings. The molecule has 5 atom stereocenters. The largest absolute Gasteiger partial charge is 0.444 e. The number of fused-ring (bicyclic) bond motifs is 1. The van der Waals surface area contributed by atoms with Gasteiger partial charge in [0.1, 0.15) is 17.8 Å². The fourth-order valence-electron chi connectivity index (χ4n) is 3.72. The van der Waals surface area contributed by atoms with E-state index >= 15 is 0 Å². The summed E-state index contributed by atoms with van der Waals surface area (Å²) in [4.78, 5) is 36.5. The zero-order valence-electron chi connectivity index (χ0n) is 18.6. The van der Waals surface area contributed by atoms with E-state index in [0.29, 0.717) is 6.42 Å². The number of carbonyl (C=O) groups excluding carboxylic acids is 3. The monoisotopic (exact) mass is 448 g/mol. The summed E-state index contributed by atoms with van der Waals surface area (Å²) in [7, 11) is 0. The Hall–Kier alpha value is -2.69. The zero-order valence-corrected chi connectivity index (χ0v) is 18.6. The van der Waals surface area contributed by atoms with Crippen LogP contribution in [0, 0.1) is 0 Å². The molecule has 176 valence electrons. The molecule has 0 unspecified atom stereocenters. The Balaban J connectivity index is 1.40. The van der Waals surface area contributed by atoms with Gasteiger partial charge in [-0.2, -0.15) is 0 Å². The summed E-state index contributed by atoms with van der Waals surface area (Å²) in [5, 5.41) is 8.14. The standard InChI is InChI=1S/C22H32N4O6/c1-22(2,3)32-21(29)26-16-12-31-18-15(11-30-19(16)18)25-17(27)10-24-20(28)14(23)9-13-7-5-4-6-8-13/h4-8,14-16,18-19H,9-12,23H2,1-3H3,(H,24,28)(H,25,27)(H,26,29)/t14-,15-,16-,18+,19+/m0/s1. The van der Waals surface area contributed by atoms with Gasteiger partial charge < -0.3 is 35.9 Å². The summed E-state index contributed by atoms with van der Waals surface area (Å²) in [5.41, 5.74) is 6.27. The van der Waals surface area contributed by atoms with Crippen molar-refractivity contribution in [3.8, 4) is 0 Å². The van der Waals surface area contributed by atoms with Crippen LogP contribution in [0.15, 0.2) is 30.3 Å². The Kier molecular flexibility index (Phi) is 7.70. The van der Waals surface area contributed by atoms with Crippen molar-refractivity contribution in [3.63, 3.8) is 0 Å². The number of hydrogen-bond donors (Lipinski definition) is 4. The second kappa shape index (κ2) is 10.3. The van der Waals surface area contributed by atoms with Crippen LogP contribution >= 0.6 is 0 Å². The Labute approximate surface area is 187 Å². The lowest BCUT2D eigenvalue weighted by Gasteiger charge is -2.23. The lowest BCUT2D eigenvalue weighted by Crippen LogP contribution is -2.50. The first-order chi connectivity index (χ1) is 15.1. The lowest BCUT2D eigenvalue weighted by atomic mass is 10.1. The van der Waals surface area contributed by atoms with E-state index in [1.54, 1.807) is 20.8 Å². The molecule has 10 nitrogen and oxygen atoms in total. The highest BCUT2D eigenvalue weighted by atomic mass is 16.6. The molecule has 5 N–H and O–H groups in total. The number of benzene rings is 1. The minimum Gasteiger partial charge on any atom is -0.444 e. The summed E-state index contributed by atoms with van der Waals surface area (Å²) >= 11 is 0. The normalized spacial score (nSPS) is 25.5. The van der Waals surface area contributed by atoms with Gasteiger partial charge in [0.25, 0.3) is 0 Å². The van der Waals surface area contributed by atoms with Gasteiger partial charge in [-0.1, -0.05) is 30.3 Å². The predicted molar refractivity (Wildman–Crippen MR) is 116 cm³/mol. The van der Waals surface area contributed by atoms with Crippen LogP contribution in [0.5, 0.6) is 0 Å². The average Bonchev–Trinajstić information content (AvgIpc) is 3.29. The van der Waals surface area contributed by atoms with Gasteiger partial charge in [0.15, 0.2) is 0 Å². The fourth-order valence-corrected chi connectivity index (χ4v) is 3.72. The molecule has 2 aliphatic rings. The molecule has 0 aromatic heterocycles. The van der Waals surface area contributed by atoms with Crippen LogP contribution in [0.2, 0.25) is 0 Å². The van der Waals surface area contributed by atoms with Gasteiger partial charge >= 0.3 is 6.09 Å². The molecule has 0 aliphatic carbocycles. The molecular formula is C22H32N4O6. The number of rotatable bonds is 7. The van der Waals surface area contributed by atoms with Crippen molar-refractivity contribution in [3.05, 3.63) is 35.9 Å². The third-order valence-corrected chi connectivity index (χ3v) is 5.16. The van der Waals surface area contributed by atoms with Crippen molar-refractivity contribution in [2.75, 3.05) is 19.8 Å². The number of ether oxygens (including phenoxy) is 3. The van der Waals surface area contributed by atoms with E-state index in [2.05, 4.69) is 16.0 Å². The maximum Gasteiger partial charge on any atom is 0.408 e. The van der Waals surface area contributed by atoms with Crippen molar-refractivity contribution in [1.82, 2.24) is 16.0 Å². The van der Waals surface area contributed by atoms with Crippen molar-refractivity contribution >= 4 is 17.9 Å². The van der Waals surface area contributed by atoms with E-state index in [1.807, 2.05) is 30.3 Å². The number of alkyl carbamates (subject to hydrolysis) is 1. The van der Waals surface area contributed by atoms with Crippen LogP contribution in [0.4, 0.5) is 4.79 Å². The lowest BCUT2D eigenvalue weighted by molar-refractivity contribution is -0.127. The minimum absolute atomic E-state index is 0.200. The minimum atomic E-state index is -0.748. The van der Waals surface area contributed by atoms with Crippen LogP contribution in [0.25, 0.3) is 0 Å². The van der Waals surface area contributed by atoms with Gasteiger partial charge in [0.2, 0.25) is 11.8 Å². The highest BCUT2D eigenvalue weighted by molar-refractivity contribution is 5.87. The Morgan fingerprint density at radius 3 is 2.25 bits per heavy atom. The van der Waals surface area contributed by atoms with Gasteiger partial charge in [0.05, 0.1) is 37.9 Å². The van der Waals surface area contributed by atoms with E-state index in [-0.39, 0.29) is 43.9 Å². The quantitative estimate of drug-likeness (QED) is 0.454. The number of carbonyl (C=O) groups is 3. The molecule has 3 amide bonds. The summed E-state index contributed by atoms with van der Waals surface area (Å²) < 4.78 is 16.8. The van der Waals surface area contributed by atoms with E-state index in [4.69, 9.17) is 19.9 Å². The van der Waals surface area contributed by atoms with Gasteiger partial charge in [-0.15, -0.1) is 0 Å². The molecule has 1 aromatic carbocycles. The van der Waals surface area contributed by atoms with Gasteiger partial charge in [-0.3, -0.25) is 9.59 Å². The molecule has 10 heteroatoms. The van der Waals surface area contributed by atoms with Crippen molar-refractivity contribution in [1.29, 1.82) is 0 Å². The number of hydrogen-bond acceptors (Lipinski definition) is 7. The van der Waals surface area contributed by atoms with Crippen LogP contribution in [0.1, 0.15) is 26.3 Å². The van der Waals surface area contributed by atoms with E-state index in [0.717, 1.165) is 5.56 Å². The van der Waals surface area contributed by atoms with Gasteiger partial charge in [-0.25, -0.2) is 4.79 Å². The number of amides is 3. The first-order valence-electron chi connectivity index (χ1n) is 10.7. The molecule has 0 bridgehead atoms. The summed E-state index contributed by atoms with van der Waals surface area (Å²) in [6.45, 7) is 5.65. The van der Waals surface area contributed by atoms with E-state index in [9.17, 15) is 14.4 Å². The number of nitrogens with two attached hydrogens (primary N) is 1. The van der Waals surface area contributed by atoms with Gasteiger partial charge in [-0.05, 0) is 32.8 Å². The summed E-state index contributed by atoms with van der Waals surface area (Å²) in [5.74, 6) is -0.769. The maximum absolute atomic E-state index is 12.3. The smallest absolute Gasteiger partial charge is 0.408 e. The van der Waals surface area contributed by atoms with E-state index in [1.165, 1.54) is 0 Å². The van der Waals surface area contributed by atoms with Crippen LogP contribution < -0.4 is 21.7 Å². The average molecular weight is 449 g/mol. The topological polar surface area (TPSA) is 141 Å². The third kappa shape index (κ3) is 6.65. The molecule has 3 rings (SSSR count). The first-order valence-corrected chi connectivity index (χ1v) is 10.7. The Morgan fingerprint density at radius 2 is 1.66 bits per heavy atom. The first kappa shape index (κ1) is 24.0. The second-order valence-corrected chi connectivity index (χ2v) is 9.04. The predicted octanol–water partition coefficient (Wildman–Crippen LogP) is -0.152. The fraction of sp³-hybridized carbons (Fsp3) is 0.591. The molecular weight excluding hydrogens is 416 g/mol. The molecule has 2 aliphatic heterocycles. The highest BCUT2D eigenvalue weighted by Gasteiger charge is 2.49. The molecule has 32 heavy (non-hydrogen) atoms. The number of nitrogens with one attached hydrogen (secondary N) is 3. The molecule has 0 saturated carbocycles. The summed E-state index contributed by atoms with van der Waals surface area (Å²) in [6.07, 6.45) is -0.942. The van der Waals surface area contributed by atoms with Crippen molar-refractivity contribution in [2.24, 2.45) is 5.73 Å². The second-order valence-electron chi connectivity index (χ2n) is 9.04. The Bertz CT molecular complexity index is 812. The van der Waals surface area contributed by atoms with Gasteiger partial charge in [0, 0.05) is 0 Å². The Morgan fingerprint density at radius 1 is 1.06 bits per heavy atom. The molecule has 1 aromatic rings. The van der Waals surface area contributed by atoms with Crippen LogP contribution in [0.3, 0.4) is 0 Å². The van der Waals surface area contributed by atoms with Crippen molar-refractivity contribution < 1.29 is 28.6 Å². The summed E-state index contributed by atoms with van der Waals surface area (Å²) in [6, 6.07) is 7.93. The molecule has 0 spiro atoms. The highest BCUT2D eigenvalue weighted by Crippen LogP contribution is 2.27. The van der Waals surface area contributed by atoms with E-state index < -0.39 is 29.7 Å². The maximum atomic E-state index is 12.3. The zero-order chi connectivity index (χ0) is 23.3. The molecule has 2 heterocycles. The van der Waals surface area contributed by atoms with Crippen LogP contribution in [-0.4, -0.2) is 73.6 Å². The van der Waals surface area contributed by atoms with Crippen LogP contribution in [-0.2, 0) is 30.2 Å². The third-order valence-electron chi connectivity index (χ3n) is 5.16. The SMILES string of the molecule is CC(C)(C)OC(=O)N[C@H]1CO[C@H]2[C@@H]1OC[C@@H]2NC(=O)CNC(=O)[C@@H](N)Cc1ccccc1. The molecule has 2 saturated heterocycles. The van der Waals surface area contributed by atoms with Crippen molar-refractivity contribution in [2.45, 2.75) is 63.1 Å².